The minimum atomic E-state index is -0.697. The molecule has 1 saturated carbocycles. The standard InChI is InChI=1S/C15H19N3O2/c1-16-18-14(20)17-13(19)15(18)9-7-12(8-10-15)11-5-3-2-4-6-11/h2-6,12,16H,7-10H2,1H3,(H,17,19,20). The predicted octanol–water partition coefficient (Wildman–Crippen LogP) is 1.77. The van der Waals surface area contributed by atoms with E-state index in [1.807, 2.05) is 18.2 Å². The van der Waals surface area contributed by atoms with E-state index < -0.39 is 5.54 Å². The molecule has 1 aliphatic carbocycles. The molecular weight excluding hydrogens is 254 g/mol. The van der Waals surface area contributed by atoms with Gasteiger partial charge in [-0.05, 0) is 37.2 Å². The average Bonchev–Trinajstić information content (AvgIpc) is 2.71. The third kappa shape index (κ3) is 1.89. The lowest BCUT2D eigenvalue weighted by atomic mass is 9.74. The van der Waals surface area contributed by atoms with Crippen LogP contribution in [0, 0.1) is 0 Å². The zero-order valence-corrected chi connectivity index (χ0v) is 11.6. The summed E-state index contributed by atoms with van der Waals surface area (Å²) in [5.74, 6) is 0.312. The molecule has 2 N–H and O–H groups in total. The molecule has 1 aliphatic heterocycles. The summed E-state index contributed by atoms with van der Waals surface area (Å²) in [6, 6.07) is 10.0. The SMILES string of the molecule is CNN1C(=O)NC(=O)C12CCC(c1ccccc1)CC2. The monoisotopic (exact) mass is 273 g/mol. The van der Waals surface area contributed by atoms with Crippen molar-refractivity contribution in [2.45, 2.75) is 37.1 Å². The van der Waals surface area contributed by atoms with Crippen LogP contribution in [0.3, 0.4) is 0 Å². The highest BCUT2D eigenvalue weighted by Crippen LogP contribution is 2.42. The number of carbonyl (C=O) groups excluding carboxylic acids is 2. The molecule has 2 aliphatic rings. The number of urea groups is 1. The Labute approximate surface area is 118 Å². The topological polar surface area (TPSA) is 61.4 Å². The van der Waals surface area contributed by atoms with E-state index in [-0.39, 0.29) is 11.9 Å². The van der Waals surface area contributed by atoms with E-state index in [2.05, 4.69) is 22.9 Å². The van der Waals surface area contributed by atoms with Crippen molar-refractivity contribution in [2.24, 2.45) is 0 Å². The van der Waals surface area contributed by atoms with Crippen molar-refractivity contribution in [2.75, 3.05) is 7.05 Å². The van der Waals surface area contributed by atoms with Gasteiger partial charge in [0.15, 0.2) is 0 Å². The highest BCUT2D eigenvalue weighted by atomic mass is 16.2. The summed E-state index contributed by atoms with van der Waals surface area (Å²) in [4.78, 5) is 23.9. The molecule has 1 heterocycles. The lowest BCUT2D eigenvalue weighted by molar-refractivity contribution is -0.129. The fourth-order valence-electron chi connectivity index (χ4n) is 3.49. The second-order valence-electron chi connectivity index (χ2n) is 5.53. The van der Waals surface area contributed by atoms with Crippen LogP contribution in [0.2, 0.25) is 0 Å². The van der Waals surface area contributed by atoms with Crippen LogP contribution in [0.1, 0.15) is 37.2 Å². The molecule has 0 bridgehead atoms. The molecule has 1 saturated heterocycles. The Morgan fingerprint density at radius 1 is 1.20 bits per heavy atom. The summed E-state index contributed by atoms with van der Waals surface area (Å²) in [6.45, 7) is 0. The summed E-state index contributed by atoms with van der Waals surface area (Å²) < 4.78 is 0. The highest BCUT2D eigenvalue weighted by molar-refractivity contribution is 6.06. The number of carbonyl (C=O) groups is 2. The normalized spacial score (nSPS) is 29.9. The number of hydrogen-bond acceptors (Lipinski definition) is 3. The number of hydrazine groups is 1. The molecule has 5 heteroatoms. The van der Waals surface area contributed by atoms with E-state index >= 15 is 0 Å². The average molecular weight is 273 g/mol. The van der Waals surface area contributed by atoms with Crippen molar-refractivity contribution in [3.63, 3.8) is 0 Å². The predicted molar refractivity (Wildman–Crippen MR) is 74.8 cm³/mol. The van der Waals surface area contributed by atoms with Gasteiger partial charge in [0.2, 0.25) is 0 Å². The fourth-order valence-corrected chi connectivity index (χ4v) is 3.49. The van der Waals surface area contributed by atoms with Crippen molar-refractivity contribution < 1.29 is 9.59 Å². The smallest absolute Gasteiger partial charge is 0.275 e. The van der Waals surface area contributed by atoms with Crippen LogP contribution in [0.4, 0.5) is 4.79 Å². The highest BCUT2D eigenvalue weighted by Gasteiger charge is 2.54. The Balaban J connectivity index is 1.78. The van der Waals surface area contributed by atoms with Crippen molar-refractivity contribution in [3.05, 3.63) is 35.9 Å². The van der Waals surface area contributed by atoms with E-state index in [0.29, 0.717) is 18.8 Å². The van der Waals surface area contributed by atoms with E-state index in [1.165, 1.54) is 10.6 Å². The Kier molecular flexibility index (Phi) is 3.22. The lowest BCUT2D eigenvalue weighted by Crippen LogP contribution is -2.56. The molecule has 1 aromatic carbocycles. The summed E-state index contributed by atoms with van der Waals surface area (Å²) >= 11 is 0. The Morgan fingerprint density at radius 3 is 2.45 bits per heavy atom. The van der Waals surface area contributed by atoms with Crippen LogP contribution in [-0.4, -0.2) is 29.5 Å². The van der Waals surface area contributed by atoms with E-state index in [1.54, 1.807) is 7.05 Å². The molecule has 0 aromatic heterocycles. The van der Waals surface area contributed by atoms with Gasteiger partial charge in [0.25, 0.3) is 5.91 Å². The van der Waals surface area contributed by atoms with E-state index in [0.717, 1.165) is 12.8 Å². The molecule has 5 nitrogen and oxygen atoms in total. The number of hydrogen-bond donors (Lipinski definition) is 2. The Morgan fingerprint density at radius 2 is 1.85 bits per heavy atom. The maximum atomic E-state index is 12.2. The largest absolute Gasteiger partial charge is 0.339 e. The van der Waals surface area contributed by atoms with Crippen LogP contribution >= 0.6 is 0 Å². The number of benzene rings is 1. The first-order valence-electron chi connectivity index (χ1n) is 7.05. The summed E-state index contributed by atoms with van der Waals surface area (Å²) in [6.07, 6.45) is 3.24. The second-order valence-corrected chi connectivity index (χ2v) is 5.53. The van der Waals surface area contributed by atoms with Crippen molar-refractivity contribution in [1.82, 2.24) is 15.8 Å². The molecule has 0 radical (unpaired) electrons. The van der Waals surface area contributed by atoms with Crippen LogP contribution in [0.25, 0.3) is 0 Å². The minimum absolute atomic E-state index is 0.164. The molecule has 1 spiro atoms. The lowest BCUT2D eigenvalue weighted by Gasteiger charge is -2.40. The zero-order chi connectivity index (χ0) is 14.2. The van der Waals surface area contributed by atoms with Crippen molar-refractivity contribution in [3.8, 4) is 0 Å². The molecular formula is C15H19N3O2. The molecule has 3 rings (SSSR count). The first kappa shape index (κ1) is 13.1. The maximum Gasteiger partial charge on any atom is 0.339 e. The molecule has 106 valence electrons. The number of nitrogens with zero attached hydrogens (tertiary/aromatic N) is 1. The summed E-state index contributed by atoms with van der Waals surface area (Å²) in [7, 11) is 1.68. The fraction of sp³-hybridized carbons (Fsp3) is 0.467. The van der Waals surface area contributed by atoms with Gasteiger partial charge < -0.3 is 0 Å². The Hall–Kier alpha value is -1.88. The van der Waals surface area contributed by atoms with Crippen LogP contribution in [0.15, 0.2) is 30.3 Å². The second kappa shape index (κ2) is 4.90. The summed E-state index contributed by atoms with van der Waals surface area (Å²) in [5.41, 5.74) is 3.48. The maximum absolute atomic E-state index is 12.2. The third-order valence-electron chi connectivity index (χ3n) is 4.58. The summed E-state index contributed by atoms with van der Waals surface area (Å²) in [5, 5.41) is 3.89. The van der Waals surface area contributed by atoms with Crippen molar-refractivity contribution >= 4 is 11.9 Å². The van der Waals surface area contributed by atoms with Gasteiger partial charge in [-0.1, -0.05) is 30.3 Å². The van der Waals surface area contributed by atoms with Gasteiger partial charge in [-0.2, -0.15) is 0 Å². The van der Waals surface area contributed by atoms with Crippen molar-refractivity contribution in [1.29, 1.82) is 0 Å². The minimum Gasteiger partial charge on any atom is -0.275 e. The third-order valence-corrected chi connectivity index (χ3v) is 4.58. The number of imide groups is 1. The molecule has 0 atom stereocenters. The van der Waals surface area contributed by atoms with Gasteiger partial charge in [0, 0.05) is 7.05 Å². The first-order valence-corrected chi connectivity index (χ1v) is 7.05. The number of rotatable bonds is 2. The van der Waals surface area contributed by atoms with Gasteiger partial charge in [-0.3, -0.25) is 10.1 Å². The number of nitrogens with one attached hydrogen (secondary N) is 2. The quantitative estimate of drug-likeness (QED) is 0.807. The van der Waals surface area contributed by atoms with Crippen LogP contribution < -0.4 is 10.7 Å². The molecule has 3 amide bonds. The number of amides is 3. The van der Waals surface area contributed by atoms with Gasteiger partial charge in [0.05, 0.1) is 0 Å². The van der Waals surface area contributed by atoms with Gasteiger partial charge in [0.1, 0.15) is 5.54 Å². The van der Waals surface area contributed by atoms with Gasteiger partial charge >= 0.3 is 6.03 Å². The van der Waals surface area contributed by atoms with Gasteiger partial charge in [-0.15, -0.1) is 0 Å². The molecule has 1 aromatic rings. The van der Waals surface area contributed by atoms with E-state index in [4.69, 9.17) is 0 Å². The Bertz CT molecular complexity index is 521. The molecule has 20 heavy (non-hydrogen) atoms. The molecule has 2 fully saturated rings. The van der Waals surface area contributed by atoms with E-state index in [9.17, 15) is 9.59 Å². The van der Waals surface area contributed by atoms with Crippen LogP contribution in [-0.2, 0) is 4.79 Å². The molecule has 0 unspecified atom stereocenters. The van der Waals surface area contributed by atoms with Crippen LogP contribution in [0.5, 0.6) is 0 Å². The first-order chi connectivity index (χ1) is 9.67. The van der Waals surface area contributed by atoms with Gasteiger partial charge in [-0.25, -0.2) is 15.2 Å². The zero-order valence-electron chi connectivity index (χ0n) is 11.6.